The molecule has 5 nitrogen and oxygen atoms in total. The molecule has 0 saturated heterocycles. The van der Waals surface area contributed by atoms with Gasteiger partial charge in [0.05, 0.1) is 27.8 Å². The summed E-state index contributed by atoms with van der Waals surface area (Å²) in [6.45, 7) is 34.9. The van der Waals surface area contributed by atoms with Crippen molar-refractivity contribution >= 4 is 119 Å². The second-order valence-electron chi connectivity index (χ2n) is 38.9. The molecule has 118 heavy (non-hydrogen) atoms. The smallest absolute Gasteiger partial charge is 0.256 e. The second kappa shape index (κ2) is 26.2. The Bertz CT molecular complexity index is 6680. The largest absolute Gasteiger partial charge is 0.458 e. The SMILES string of the molecule is CC(C)(C)c1cc(N2c3ccccc3B3c4cc5c(cc4N(c4cc(C(C)(C)C)cc(C(C)(C)C)c4)c4cc(-n6c7ccccc7c7ccccc76)cc2c43)Oc2cc(-c3cccc4c3C(c3ccccc3)(c3ccccc3)c3ccccc3-4)cc3c2B5c2ccccc2N3c2ccc(C(C)(C)C)cc2-c2ccccc2)cc(C(C)(C)C)c1. The maximum atomic E-state index is 8.30. The van der Waals surface area contributed by atoms with Gasteiger partial charge in [-0.3, -0.25) is 0 Å². The first kappa shape index (κ1) is 73.1. The number of ether oxygens (including phenoxy) is 1. The van der Waals surface area contributed by atoms with E-state index in [1.54, 1.807) is 0 Å². The van der Waals surface area contributed by atoms with Crippen molar-refractivity contribution in [3.63, 3.8) is 0 Å². The van der Waals surface area contributed by atoms with Gasteiger partial charge < -0.3 is 24.0 Å². The number of nitrogens with zero attached hydrogens (tertiary/aromatic N) is 4. The van der Waals surface area contributed by atoms with Crippen LogP contribution in [0.4, 0.5) is 51.2 Å². The van der Waals surface area contributed by atoms with Crippen LogP contribution in [0.1, 0.15) is 154 Å². The van der Waals surface area contributed by atoms with Gasteiger partial charge in [-0.1, -0.05) is 334 Å². The summed E-state index contributed by atoms with van der Waals surface area (Å²) in [5.41, 5.74) is 37.7. The Morgan fingerprint density at radius 3 is 1.28 bits per heavy atom. The molecule has 0 amide bonds. The minimum Gasteiger partial charge on any atom is -0.458 e. The Morgan fingerprint density at radius 1 is 0.263 bits per heavy atom. The maximum absolute atomic E-state index is 8.30. The predicted molar refractivity (Wildman–Crippen MR) is 502 cm³/mol. The molecule has 15 aromatic carbocycles. The molecule has 0 bridgehead atoms. The fourth-order valence-electron chi connectivity index (χ4n) is 20.4. The Kier molecular flexibility index (Phi) is 16.2. The van der Waals surface area contributed by atoms with Crippen LogP contribution in [0.2, 0.25) is 0 Å². The fourth-order valence-corrected chi connectivity index (χ4v) is 20.4. The topological polar surface area (TPSA) is 23.9 Å². The Morgan fingerprint density at radius 2 is 0.720 bits per heavy atom. The molecule has 0 radical (unpaired) electrons. The lowest BCUT2D eigenvalue weighted by Gasteiger charge is -2.46. The third-order valence-electron chi connectivity index (χ3n) is 26.4. The molecule has 574 valence electrons. The summed E-state index contributed by atoms with van der Waals surface area (Å²) in [4.78, 5) is 7.93. The van der Waals surface area contributed by atoms with E-state index in [1.807, 2.05) is 0 Å². The van der Waals surface area contributed by atoms with Crippen molar-refractivity contribution in [2.45, 2.75) is 136 Å². The van der Waals surface area contributed by atoms with Crippen molar-refractivity contribution in [2.75, 3.05) is 14.7 Å². The lowest BCUT2D eigenvalue weighted by molar-refractivity contribution is 0.488. The average Bonchev–Trinajstić information content (AvgIpc) is 0.925. The van der Waals surface area contributed by atoms with Crippen LogP contribution in [0.25, 0.3) is 60.9 Å². The van der Waals surface area contributed by atoms with Gasteiger partial charge in [0.25, 0.3) is 13.4 Å². The highest BCUT2D eigenvalue weighted by Crippen LogP contribution is 2.60. The number of hydrogen-bond donors (Lipinski definition) is 0. The van der Waals surface area contributed by atoms with Gasteiger partial charge >= 0.3 is 0 Å². The Labute approximate surface area is 697 Å². The molecule has 5 aliphatic rings. The van der Waals surface area contributed by atoms with Crippen molar-refractivity contribution < 1.29 is 4.74 Å². The van der Waals surface area contributed by atoms with E-state index >= 15 is 0 Å². The van der Waals surface area contributed by atoms with Gasteiger partial charge in [0.15, 0.2) is 0 Å². The average molecular weight is 1530 g/mol. The third kappa shape index (κ3) is 11.2. The van der Waals surface area contributed by atoms with E-state index in [-0.39, 0.29) is 40.5 Å². The normalized spacial score (nSPS) is 14.3. The molecule has 16 aromatic rings. The molecule has 0 N–H and O–H groups in total. The van der Waals surface area contributed by atoms with Crippen LogP contribution in [-0.2, 0) is 32.5 Å². The predicted octanol–water partition coefficient (Wildman–Crippen LogP) is 25.5. The zero-order chi connectivity index (χ0) is 81.0. The molecular formula is C111H98B2N4O. The van der Waals surface area contributed by atoms with Gasteiger partial charge in [-0.25, -0.2) is 0 Å². The van der Waals surface area contributed by atoms with E-state index in [2.05, 4.69) is 445 Å². The van der Waals surface area contributed by atoms with Crippen molar-refractivity contribution in [1.29, 1.82) is 0 Å². The molecule has 1 aliphatic carbocycles. The van der Waals surface area contributed by atoms with Crippen LogP contribution < -0.4 is 52.2 Å². The van der Waals surface area contributed by atoms with E-state index in [0.29, 0.717) is 0 Å². The summed E-state index contributed by atoms with van der Waals surface area (Å²) in [7, 11) is 0. The van der Waals surface area contributed by atoms with Crippen LogP contribution in [-0.4, -0.2) is 18.0 Å². The van der Waals surface area contributed by atoms with Gasteiger partial charge in [-0.05, 0) is 223 Å². The second-order valence-corrected chi connectivity index (χ2v) is 38.9. The van der Waals surface area contributed by atoms with Crippen LogP contribution in [0.15, 0.2) is 322 Å². The van der Waals surface area contributed by atoms with E-state index in [9.17, 15) is 0 Å². The maximum Gasteiger partial charge on any atom is 0.256 e. The van der Waals surface area contributed by atoms with Gasteiger partial charge in [0.2, 0.25) is 0 Å². The van der Waals surface area contributed by atoms with E-state index in [1.165, 1.54) is 105 Å². The third-order valence-corrected chi connectivity index (χ3v) is 26.4. The summed E-state index contributed by atoms with van der Waals surface area (Å²) in [6, 6.07) is 124. The quantitative estimate of drug-likeness (QED) is 0.142. The van der Waals surface area contributed by atoms with Crippen LogP contribution in [0.3, 0.4) is 0 Å². The fraction of sp³-hybridized carbons (Fsp3) is 0.189. The molecule has 0 saturated carbocycles. The van der Waals surface area contributed by atoms with Crippen molar-refractivity contribution in [3.8, 4) is 50.6 Å². The molecule has 1 aromatic heterocycles. The molecular weight excluding hydrogens is 1430 g/mol. The zero-order valence-electron chi connectivity index (χ0n) is 70.5. The van der Waals surface area contributed by atoms with E-state index in [0.717, 1.165) is 101 Å². The highest BCUT2D eigenvalue weighted by atomic mass is 16.5. The van der Waals surface area contributed by atoms with Crippen molar-refractivity contribution in [3.05, 3.63) is 372 Å². The van der Waals surface area contributed by atoms with E-state index < -0.39 is 5.41 Å². The van der Waals surface area contributed by atoms with Gasteiger partial charge in [-0.2, -0.15) is 0 Å². The number of aromatic nitrogens is 1. The van der Waals surface area contributed by atoms with Gasteiger partial charge in [-0.15, -0.1) is 0 Å². The summed E-state index contributed by atoms with van der Waals surface area (Å²) < 4.78 is 10.8. The molecule has 0 unspecified atom stereocenters. The van der Waals surface area contributed by atoms with Crippen LogP contribution in [0.5, 0.6) is 11.5 Å². The number of anilines is 9. The van der Waals surface area contributed by atoms with Gasteiger partial charge in [0, 0.05) is 67.9 Å². The van der Waals surface area contributed by atoms with Crippen LogP contribution >= 0.6 is 0 Å². The standard InChI is InChI=1S/C111H98B2N4O/c1-106(2,3)73-54-55-94(86(64-73)69-36-19-16-20-37-69)117-96-53-34-30-49-89(96)113-91-67-90-97(68-101(91)118-102-57-70(56-98(117)105(102)113)81-45-35-46-85-82-42-25-28-47-87(82)111(103(81)85,71-38-21-17-22-39-71)72-40-23-18-24-41-72)116(79-62-76(109(10,11)12)59-77(63-79)110(13,14)15)100-66-80(114-92-50-31-26-43-83(92)84-44-27-32-51-93(84)114)65-99-104(100)112(90)88-48-29-33-52-95(88)115(99)78-60-74(107(4,5)6)58-75(61-78)108(7,8)9/h16-68H,1-15H3. The molecule has 0 spiro atoms. The highest BCUT2D eigenvalue weighted by Gasteiger charge is 2.51. The summed E-state index contributed by atoms with van der Waals surface area (Å²) in [5.74, 6) is 1.68. The first-order chi connectivity index (χ1) is 56.7. The Balaban J connectivity index is 0.886. The lowest BCUT2D eigenvalue weighted by Crippen LogP contribution is -2.64. The highest BCUT2D eigenvalue weighted by molar-refractivity contribution is 7.02. The molecule has 5 heterocycles. The van der Waals surface area contributed by atoms with Gasteiger partial charge in [0.1, 0.15) is 11.5 Å². The zero-order valence-corrected chi connectivity index (χ0v) is 70.5. The first-order valence-electron chi connectivity index (χ1n) is 42.4. The molecule has 7 heteroatoms. The lowest BCUT2D eigenvalue weighted by atomic mass is 9.30. The monoisotopic (exact) mass is 1520 g/mol. The minimum atomic E-state index is -0.693. The van der Waals surface area contributed by atoms with Crippen LogP contribution in [0, 0.1) is 0 Å². The summed E-state index contributed by atoms with van der Waals surface area (Å²) >= 11 is 0. The number of fused-ring (bicyclic) bond motifs is 14. The first-order valence-corrected chi connectivity index (χ1v) is 42.4. The summed E-state index contributed by atoms with van der Waals surface area (Å²) in [5, 5.41) is 2.44. The van der Waals surface area contributed by atoms with E-state index in [4.69, 9.17) is 4.74 Å². The number of rotatable bonds is 8. The Hall–Kier alpha value is -12.6. The summed E-state index contributed by atoms with van der Waals surface area (Å²) in [6.07, 6.45) is 0. The minimum absolute atomic E-state index is 0.127. The molecule has 0 fully saturated rings. The number of para-hydroxylation sites is 4. The molecule has 21 rings (SSSR count). The number of hydrogen-bond acceptors (Lipinski definition) is 4. The molecule has 0 atom stereocenters. The molecule has 4 aliphatic heterocycles. The van der Waals surface area contributed by atoms with Crippen molar-refractivity contribution in [1.82, 2.24) is 4.57 Å². The van der Waals surface area contributed by atoms with Crippen molar-refractivity contribution in [2.24, 2.45) is 0 Å². The number of benzene rings is 15.